The molecular weight excluding hydrogens is 358 g/mol. The van der Waals surface area contributed by atoms with Crippen LogP contribution in [0.4, 0.5) is 0 Å². The minimum atomic E-state index is 0.242. The lowest BCUT2D eigenvalue weighted by molar-refractivity contribution is 0.177. The zero-order valence-corrected chi connectivity index (χ0v) is 17.4. The number of aromatic nitrogens is 4. The molecule has 0 amide bonds. The molecule has 3 heterocycles. The third kappa shape index (κ3) is 4.70. The number of guanidine groups is 1. The van der Waals surface area contributed by atoms with Gasteiger partial charge in [-0.15, -0.1) is 0 Å². The molecular formula is C19H31N7O2. The fourth-order valence-electron chi connectivity index (χ4n) is 3.70. The van der Waals surface area contributed by atoms with Gasteiger partial charge in [0.05, 0.1) is 12.2 Å². The molecule has 154 valence electrons. The molecule has 9 heteroatoms. The van der Waals surface area contributed by atoms with Crippen molar-refractivity contribution in [3.05, 3.63) is 28.7 Å². The predicted octanol–water partition coefficient (Wildman–Crippen LogP) is 1.70. The van der Waals surface area contributed by atoms with Gasteiger partial charge in [-0.3, -0.25) is 4.99 Å². The Labute approximate surface area is 165 Å². The summed E-state index contributed by atoms with van der Waals surface area (Å²) in [5, 5.41) is 15.5. The molecule has 2 atom stereocenters. The second-order valence-electron chi connectivity index (χ2n) is 7.30. The SMILES string of the molecule is CCNC(=NCC(C)c1c(C)noc1C)NC1CCc2nc(COC)nn2C1. The van der Waals surface area contributed by atoms with Crippen LogP contribution in [0.15, 0.2) is 9.52 Å². The molecule has 0 saturated carbocycles. The Kier molecular flexibility index (Phi) is 6.66. The average Bonchev–Trinajstić information content (AvgIpc) is 3.22. The number of nitrogens with one attached hydrogen (secondary N) is 2. The van der Waals surface area contributed by atoms with Crippen molar-refractivity contribution < 1.29 is 9.26 Å². The second-order valence-corrected chi connectivity index (χ2v) is 7.30. The van der Waals surface area contributed by atoms with Crippen molar-refractivity contribution in [1.29, 1.82) is 0 Å². The molecule has 0 fully saturated rings. The zero-order valence-electron chi connectivity index (χ0n) is 17.4. The van der Waals surface area contributed by atoms with Gasteiger partial charge < -0.3 is 19.9 Å². The van der Waals surface area contributed by atoms with Crippen molar-refractivity contribution in [2.45, 2.75) is 65.6 Å². The molecule has 0 radical (unpaired) electrons. The molecule has 2 N–H and O–H groups in total. The average molecular weight is 390 g/mol. The monoisotopic (exact) mass is 389 g/mol. The van der Waals surface area contributed by atoms with Gasteiger partial charge in [-0.05, 0) is 27.2 Å². The Balaban J connectivity index is 1.63. The lowest BCUT2D eigenvalue weighted by Crippen LogP contribution is -2.47. The summed E-state index contributed by atoms with van der Waals surface area (Å²) in [4.78, 5) is 9.33. The highest BCUT2D eigenvalue weighted by atomic mass is 16.5. The van der Waals surface area contributed by atoms with E-state index in [1.807, 2.05) is 18.5 Å². The minimum absolute atomic E-state index is 0.242. The van der Waals surface area contributed by atoms with Gasteiger partial charge in [0.1, 0.15) is 18.2 Å². The van der Waals surface area contributed by atoms with Gasteiger partial charge in [0, 0.05) is 44.1 Å². The summed E-state index contributed by atoms with van der Waals surface area (Å²) in [6, 6.07) is 0.261. The molecule has 2 unspecified atom stereocenters. The van der Waals surface area contributed by atoms with Gasteiger partial charge in [0.15, 0.2) is 11.8 Å². The quantitative estimate of drug-likeness (QED) is 0.549. The number of fused-ring (bicyclic) bond motifs is 1. The molecule has 1 aliphatic rings. The molecule has 28 heavy (non-hydrogen) atoms. The fraction of sp³-hybridized carbons (Fsp3) is 0.684. The van der Waals surface area contributed by atoms with Crippen LogP contribution in [-0.4, -0.2) is 52.1 Å². The number of nitrogens with zero attached hydrogens (tertiary/aromatic N) is 5. The number of rotatable bonds is 7. The standard InChI is InChI=1S/C19H31N7O2/c1-6-20-19(21-9-12(2)18-13(3)25-28-14(18)4)22-15-7-8-17-23-16(11-27-5)24-26(17)10-15/h12,15H,6-11H2,1-5H3,(H2,20,21,22). The summed E-state index contributed by atoms with van der Waals surface area (Å²) in [6.45, 7) is 10.8. The van der Waals surface area contributed by atoms with Crippen LogP contribution in [0, 0.1) is 13.8 Å². The first-order valence-corrected chi connectivity index (χ1v) is 9.90. The van der Waals surface area contributed by atoms with E-state index in [0.29, 0.717) is 13.2 Å². The van der Waals surface area contributed by atoms with Gasteiger partial charge in [0.2, 0.25) is 0 Å². The van der Waals surface area contributed by atoms with Gasteiger partial charge in [0.25, 0.3) is 0 Å². The minimum Gasteiger partial charge on any atom is -0.377 e. The maximum atomic E-state index is 5.29. The van der Waals surface area contributed by atoms with Crippen LogP contribution in [0.5, 0.6) is 0 Å². The van der Waals surface area contributed by atoms with Crippen molar-refractivity contribution in [2.24, 2.45) is 4.99 Å². The number of methoxy groups -OCH3 is 1. The van der Waals surface area contributed by atoms with E-state index in [0.717, 1.165) is 60.6 Å². The summed E-state index contributed by atoms with van der Waals surface area (Å²) in [5.74, 6) is 3.71. The van der Waals surface area contributed by atoms with Crippen LogP contribution in [-0.2, 0) is 24.3 Å². The van der Waals surface area contributed by atoms with E-state index in [9.17, 15) is 0 Å². The Bertz CT molecular complexity index is 792. The number of hydrogen-bond acceptors (Lipinski definition) is 6. The Hall–Kier alpha value is -2.42. The highest BCUT2D eigenvalue weighted by molar-refractivity contribution is 5.80. The van der Waals surface area contributed by atoms with Crippen LogP contribution in [0.2, 0.25) is 0 Å². The lowest BCUT2D eigenvalue weighted by Gasteiger charge is -2.25. The molecule has 2 aromatic heterocycles. The Morgan fingerprint density at radius 2 is 2.25 bits per heavy atom. The predicted molar refractivity (Wildman–Crippen MR) is 106 cm³/mol. The van der Waals surface area contributed by atoms with E-state index < -0.39 is 0 Å². The summed E-state index contributed by atoms with van der Waals surface area (Å²) in [7, 11) is 1.66. The summed E-state index contributed by atoms with van der Waals surface area (Å²) < 4.78 is 12.4. The summed E-state index contributed by atoms with van der Waals surface area (Å²) >= 11 is 0. The second kappa shape index (κ2) is 9.18. The third-order valence-corrected chi connectivity index (χ3v) is 4.97. The lowest BCUT2D eigenvalue weighted by atomic mass is 10.00. The maximum Gasteiger partial charge on any atom is 0.191 e. The zero-order chi connectivity index (χ0) is 20.1. The first kappa shape index (κ1) is 20.3. The Morgan fingerprint density at radius 1 is 1.43 bits per heavy atom. The largest absolute Gasteiger partial charge is 0.377 e. The summed E-state index contributed by atoms with van der Waals surface area (Å²) in [6.07, 6.45) is 1.89. The molecule has 2 aromatic rings. The highest BCUT2D eigenvalue weighted by Crippen LogP contribution is 2.23. The molecule has 1 aliphatic heterocycles. The maximum absolute atomic E-state index is 5.29. The van der Waals surface area contributed by atoms with Gasteiger partial charge in [-0.1, -0.05) is 12.1 Å². The van der Waals surface area contributed by atoms with E-state index in [4.69, 9.17) is 14.3 Å². The molecule has 3 rings (SSSR count). The van der Waals surface area contributed by atoms with Crippen LogP contribution in [0.3, 0.4) is 0 Å². The first-order valence-electron chi connectivity index (χ1n) is 9.90. The fourth-order valence-corrected chi connectivity index (χ4v) is 3.70. The van der Waals surface area contributed by atoms with Crippen molar-refractivity contribution >= 4 is 5.96 Å². The first-order chi connectivity index (χ1) is 13.5. The van der Waals surface area contributed by atoms with E-state index in [2.05, 4.69) is 39.7 Å². The number of aliphatic imine (C=N–C) groups is 1. The van der Waals surface area contributed by atoms with Crippen LogP contribution in [0.1, 0.15) is 54.9 Å². The normalized spacial score (nSPS) is 18.0. The molecule has 0 aliphatic carbocycles. The van der Waals surface area contributed by atoms with E-state index in [1.54, 1.807) is 7.11 Å². The number of aryl methyl sites for hydroxylation is 3. The van der Waals surface area contributed by atoms with Gasteiger partial charge in [-0.25, -0.2) is 9.67 Å². The topological polar surface area (TPSA) is 102 Å². The molecule has 0 aromatic carbocycles. The van der Waals surface area contributed by atoms with Gasteiger partial charge >= 0.3 is 0 Å². The molecule has 0 spiro atoms. The Morgan fingerprint density at radius 3 is 2.93 bits per heavy atom. The molecule has 0 saturated heterocycles. The number of ether oxygens (including phenoxy) is 1. The molecule has 0 bridgehead atoms. The van der Waals surface area contributed by atoms with E-state index in [1.165, 1.54) is 0 Å². The van der Waals surface area contributed by atoms with Crippen molar-refractivity contribution in [1.82, 2.24) is 30.6 Å². The van der Waals surface area contributed by atoms with Crippen molar-refractivity contribution in [2.75, 3.05) is 20.2 Å². The van der Waals surface area contributed by atoms with E-state index in [-0.39, 0.29) is 12.0 Å². The van der Waals surface area contributed by atoms with E-state index >= 15 is 0 Å². The summed E-state index contributed by atoms with van der Waals surface area (Å²) in [5.41, 5.74) is 2.09. The number of hydrogen-bond donors (Lipinski definition) is 2. The third-order valence-electron chi connectivity index (χ3n) is 4.97. The van der Waals surface area contributed by atoms with Crippen LogP contribution >= 0.6 is 0 Å². The van der Waals surface area contributed by atoms with Crippen LogP contribution in [0.25, 0.3) is 0 Å². The van der Waals surface area contributed by atoms with Crippen molar-refractivity contribution in [3.63, 3.8) is 0 Å². The highest BCUT2D eigenvalue weighted by Gasteiger charge is 2.23. The van der Waals surface area contributed by atoms with Crippen molar-refractivity contribution in [3.8, 4) is 0 Å². The molecule has 9 nitrogen and oxygen atoms in total. The van der Waals surface area contributed by atoms with Crippen LogP contribution < -0.4 is 10.6 Å². The smallest absolute Gasteiger partial charge is 0.191 e. The van der Waals surface area contributed by atoms with Gasteiger partial charge in [-0.2, -0.15) is 5.10 Å².